The first kappa shape index (κ1) is 7.98. The van der Waals surface area contributed by atoms with Gasteiger partial charge in [0.1, 0.15) is 0 Å². The van der Waals surface area contributed by atoms with Crippen molar-refractivity contribution in [1.29, 1.82) is 0 Å². The van der Waals surface area contributed by atoms with E-state index in [4.69, 9.17) is 10.2 Å². The van der Waals surface area contributed by atoms with Gasteiger partial charge in [-0.1, -0.05) is 0 Å². The second-order valence-electron chi connectivity index (χ2n) is 2.97. The minimum absolute atomic E-state index is 0.172. The SMILES string of the molecule is C[C@@H](CO)N1CC[C@@H](O)C1. The van der Waals surface area contributed by atoms with Crippen LogP contribution in [0.15, 0.2) is 0 Å². The van der Waals surface area contributed by atoms with Crippen molar-refractivity contribution in [3.8, 4) is 0 Å². The zero-order chi connectivity index (χ0) is 7.56. The zero-order valence-electron chi connectivity index (χ0n) is 6.32. The summed E-state index contributed by atoms with van der Waals surface area (Å²) in [5.41, 5.74) is 0. The van der Waals surface area contributed by atoms with E-state index in [-0.39, 0.29) is 18.8 Å². The molecule has 1 heterocycles. The number of aliphatic hydroxyl groups is 2. The van der Waals surface area contributed by atoms with Gasteiger partial charge in [-0.2, -0.15) is 0 Å². The summed E-state index contributed by atoms with van der Waals surface area (Å²) in [4.78, 5) is 2.10. The minimum atomic E-state index is -0.172. The normalized spacial score (nSPS) is 30.9. The van der Waals surface area contributed by atoms with Gasteiger partial charge in [0, 0.05) is 19.1 Å². The van der Waals surface area contributed by atoms with Crippen LogP contribution in [0.1, 0.15) is 13.3 Å². The molecule has 0 aromatic carbocycles. The summed E-state index contributed by atoms with van der Waals surface area (Å²) in [7, 11) is 0. The van der Waals surface area contributed by atoms with Crippen molar-refractivity contribution in [2.45, 2.75) is 25.5 Å². The predicted octanol–water partition coefficient (Wildman–Crippen LogP) is -0.566. The van der Waals surface area contributed by atoms with E-state index < -0.39 is 0 Å². The molecule has 10 heavy (non-hydrogen) atoms. The second-order valence-corrected chi connectivity index (χ2v) is 2.97. The average Bonchev–Trinajstić information content (AvgIpc) is 2.34. The summed E-state index contributed by atoms with van der Waals surface area (Å²) in [6.45, 7) is 3.80. The third-order valence-electron chi connectivity index (χ3n) is 2.08. The van der Waals surface area contributed by atoms with Crippen molar-refractivity contribution in [2.24, 2.45) is 0 Å². The van der Waals surface area contributed by atoms with Crippen LogP contribution < -0.4 is 0 Å². The van der Waals surface area contributed by atoms with Crippen LogP contribution in [0.4, 0.5) is 0 Å². The smallest absolute Gasteiger partial charge is 0.0679 e. The summed E-state index contributed by atoms with van der Waals surface area (Å²) in [5, 5.41) is 17.9. The van der Waals surface area contributed by atoms with Gasteiger partial charge in [-0.25, -0.2) is 0 Å². The summed E-state index contributed by atoms with van der Waals surface area (Å²) in [5.74, 6) is 0. The molecule has 0 aliphatic carbocycles. The van der Waals surface area contributed by atoms with Gasteiger partial charge in [-0.05, 0) is 13.3 Å². The molecule has 1 fully saturated rings. The Morgan fingerprint density at radius 1 is 1.70 bits per heavy atom. The van der Waals surface area contributed by atoms with Crippen molar-refractivity contribution in [1.82, 2.24) is 4.90 Å². The lowest BCUT2D eigenvalue weighted by atomic mass is 10.3. The number of rotatable bonds is 2. The monoisotopic (exact) mass is 145 g/mol. The molecule has 60 valence electrons. The number of hydrogen-bond donors (Lipinski definition) is 2. The molecule has 0 aromatic heterocycles. The van der Waals surface area contributed by atoms with Crippen LogP contribution >= 0.6 is 0 Å². The maximum absolute atomic E-state index is 9.12. The molecule has 0 amide bonds. The van der Waals surface area contributed by atoms with E-state index in [0.29, 0.717) is 0 Å². The summed E-state index contributed by atoms with van der Waals surface area (Å²) >= 11 is 0. The van der Waals surface area contributed by atoms with E-state index in [2.05, 4.69) is 4.90 Å². The predicted molar refractivity (Wildman–Crippen MR) is 38.7 cm³/mol. The average molecular weight is 145 g/mol. The number of nitrogens with zero attached hydrogens (tertiary/aromatic N) is 1. The minimum Gasteiger partial charge on any atom is -0.395 e. The Hall–Kier alpha value is -0.120. The van der Waals surface area contributed by atoms with Crippen molar-refractivity contribution in [3.05, 3.63) is 0 Å². The highest BCUT2D eigenvalue weighted by Crippen LogP contribution is 2.11. The molecule has 0 aromatic rings. The van der Waals surface area contributed by atoms with Gasteiger partial charge >= 0.3 is 0 Å². The van der Waals surface area contributed by atoms with Gasteiger partial charge in [0.25, 0.3) is 0 Å². The molecule has 0 radical (unpaired) electrons. The maximum atomic E-state index is 9.12. The standard InChI is InChI=1S/C7H15NO2/c1-6(5-9)8-3-2-7(10)4-8/h6-7,9-10H,2-5H2,1H3/t6-,7+/m0/s1. The zero-order valence-corrected chi connectivity index (χ0v) is 6.32. The molecule has 0 bridgehead atoms. The highest BCUT2D eigenvalue weighted by Gasteiger charge is 2.23. The van der Waals surface area contributed by atoms with Crippen molar-refractivity contribution in [3.63, 3.8) is 0 Å². The van der Waals surface area contributed by atoms with Crippen LogP contribution in [0.3, 0.4) is 0 Å². The van der Waals surface area contributed by atoms with E-state index in [9.17, 15) is 0 Å². The first-order valence-corrected chi connectivity index (χ1v) is 3.77. The highest BCUT2D eigenvalue weighted by molar-refractivity contribution is 4.77. The molecule has 1 aliphatic rings. The van der Waals surface area contributed by atoms with Gasteiger partial charge in [-0.3, -0.25) is 4.90 Å². The van der Waals surface area contributed by atoms with Gasteiger partial charge in [-0.15, -0.1) is 0 Å². The Morgan fingerprint density at radius 2 is 2.40 bits per heavy atom. The van der Waals surface area contributed by atoms with Crippen LogP contribution in [0, 0.1) is 0 Å². The fraction of sp³-hybridized carbons (Fsp3) is 1.00. The molecule has 2 atom stereocenters. The molecule has 3 nitrogen and oxygen atoms in total. The number of aliphatic hydroxyl groups excluding tert-OH is 2. The fourth-order valence-electron chi connectivity index (χ4n) is 1.28. The molecular formula is C7H15NO2. The van der Waals surface area contributed by atoms with Crippen LogP contribution in [0.2, 0.25) is 0 Å². The summed E-state index contributed by atoms with van der Waals surface area (Å²) in [6, 6.07) is 0.206. The third kappa shape index (κ3) is 1.68. The van der Waals surface area contributed by atoms with E-state index in [0.717, 1.165) is 19.5 Å². The van der Waals surface area contributed by atoms with Crippen molar-refractivity contribution >= 4 is 0 Å². The molecule has 0 unspecified atom stereocenters. The van der Waals surface area contributed by atoms with Crippen LogP contribution in [-0.4, -0.2) is 47.0 Å². The molecule has 1 saturated heterocycles. The molecule has 3 heteroatoms. The van der Waals surface area contributed by atoms with E-state index >= 15 is 0 Å². The largest absolute Gasteiger partial charge is 0.395 e. The van der Waals surface area contributed by atoms with Crippen molar-refractivity contribution < 1.29 is 10.2 Å². The highest BCUT2D eigenvalue weighted by atomic mass is 16.3. The first-order valence-electron chi connectivity index (χ1n) is 3.77. The molecule has 1 rings (SSSR count). The van der Waals surface area contributed by atoms with Crippen LogP contribution in [0.25, 0.3) is 0 Å². The van der Waals surface area contributed by atoms with Gasteiger partial charge < -0.3 is 10.2 Å². The quantitative estimate of drug-likeness (QED) is 0.547. The second kappa shape index (κ2) is 3.32. The third-order valence-corrected chi connectivity index (χ3v) is 2.08. The van der Waals surface area contributed by atoms with Gasteiger partial charge in [0.15, 0.2) is 0 Å². The molecule has 1 aliphatic heterocycles. The number of likely N-dealkylation sites (tertiary alicyclic amines) is 1. The Morgan fingerprint density at radius 3 is 2.80 bits per heavy atom. The maximum Gasteiger partial charge on any atom is 0.0679 e. The molecule has 2 N–H and O–H groups in total. The lowest BCUT2D eigenvalue weighted by molar-refractivity contribution is 0.130. The molecule has 0 saturated carbocycles. The summed E-state index contributed by atoms with van der Waals surface area (Å²) in [6.07, 6.45) is 0.679. The first-order chi connectivity index (χ1) is 4.74. The van der Waals surface area contributed by atoms with E-state index in [1.165, 1.54) is 0 Å². The topological polar surface area (TPSA) is 43.7 Å². The molecule has 0 spiro atoms. The van der Waals surface area contributed by atoms with Gasteiger partial charge in [0.2, 0.25) is 0 Å². The van der Waals surface area contributed by atoms with Gasteiger partial charge in [0.05, 0.1) is 12.7 Å². The Balaban J connectivity index is 2.29. The van der Waals surface area contributed by atoms with E-state index in [1.807, 2.05) is 6.92 Å². The lowest BCUT2D eigenvalue weighted by Crippen LogP contribution is -2.34. The van der Waals surface area contributed by atoms with Crippen LogP contribution in [0.5, 0.6) is 0 Å². The summed E-state index contributed by atoms with van der Waals surface area (Å²) < 4.78 is 0. The Bertz CT molecular complexity index is 108. The Kier molecular flexibility index (Phi) is 2.65. The van der Waals surface area contributed by atoms with Crippen molar-refractivity contribution in [2.75, 3.05) is 19.7 Å². The molecular weight excluding hydrogens is 130 g/mol. The fourth-order valence-corrected chi connectivity index (χ4v) is 1.28. The van der Waals surface area contributed by atoms with Crippen LogP contribution in [-0.2, 0) is 0 Å². The Labute approximate surface area is 61.3 Å². The lowest BCUT2D eigenvalue weighted by Gasteiger charge is -2.21. The van der Waals surface area contributed by atoms with E-state index in [1.54, 1.807) is 0 Å². The number of hydrogen-bond acceptors (Lipinski definition) is 3. The number of β-amino-alcohol motifs (C(OH)–C–C–N with tert-alkyl or cyclic N) is 1.